The van der Waals surface area contributed by atoms with Gasteiger partial charge in [-0.3, -0.25) is 4.40 Å². The number of hydrogen-bond acceptors (Lipinski definition) is 4. The van der Waals surface area contributed by atoms with Crippen LogP contribution in [0.2, 0.25) is 0 Å². The van der Waals surface area contributed by atoms with Crippen LogP contribution in [0.1, 0.15) is 40.7 Å². The molecule has 3 rings (SSSR count). The number of pyridine rings is 1. The molecule has 6 nitrogen and oxygen atoms in total. The minimum atomic E-state index is -3.18. The van der Waals surface area contributed by atoms with Crippen LogP contribution in [0.3, 0.4) is 0 Å². The molecule has 0 radical (unpaired) electrons. The van der Waals surface area contributed by atoms with Crippen LogP contribution in [-0.4, -0.2) is 34.6 Å². The molecule has 106 valence electrons. The number of sulfone groups is 1. The maximum Gasteiger partial charge on any atom is 0.352 e. The van der Waals surface area contributed by atoms with Crippen molar-refractivity contribution in [3.8, 4) is 0 Å². The lowest BCUT2D eigenvalue weighted by Crippen LogP contribution is -2.21. The summed E-state index contributed by atoms with van der Waals surface area (Å²) in [5, 5.41) is 8.53. The van der Waals surface area contributed by atoms with E-state index >= 15 is 0 Å². The Labute approximate surface area is 116 Å². The van der Waals surface area contributed by atoms with Crippen LogP contribution in [0.5, 0.6) is 0 Å². The monoisotopic (exact) mass is 294 g/mol. The van der Waals surface area contributed by atoms with Crippen LogP contribution in [0.15, 0.2) is 24.4 Å². The zero-order valence-corrected chi connectivity index (χ0v) is 11.5. The number of imidazole rings is 1. The largest absolute Gasteiger partial charge is 0.477 e. The van der Waals surface area contributed by atoms with E-state index in [4.69, 9.17) is 5.11 Å². The lowest BCUT2D eigenvalue weighted by atomic mass is 10.1. The van der Waals surface area contributed by atoms with Gasteiger partial charge in [0, 0.05) is 6.20 Å². The molecule has 0 bridgehead atoms. The number of rotatable bonds is 2. The summed E-state index contributed by atoms with van der Waals surface area (Å²) in [4.78, 5) is 15.5. The molecule has 1 saturated heterocycles. The van der Waals surface area contributed by atoms with Crippen LogP contribution in [-0.2, 0) is 9.84 Å². The zero-order chi connectivity index (χ0) is 14.3. The Balaban J connectivity index is 2.14. The zero-order valence-electron chi connectivity index (χ0n) is 10.7. The van der Waals surface area contributed by atoms with Gasteiger partial charge in [0.1, 0.15) is 16.6 Å². The summed E-state index contributed by atoms with van der Waals surface area (Å²) >= 11 is 0. The van der Waals surface area contributed by atoms with Crippen molar-refractivity contribution >= 4 is 21.5 Å². The van der Waals surface area contributed by atoms with E-state index in [-0.39, 0.29) is 11.4 Å². The van der Waals surface area contributed by atoms with E-state index in [9.17, 15) is 13.2 Å². The van der Waals surface area contributed by atoms with E-state index in [1.54, 1.807) is 12.1 Å². The first-order chi connectivity index (χ1) is 9.49. The number of aromatic carboxylic acids is 1. The number of carboxylic acids is 1. The lowest BCUT2D eigenvalue weighted by molar-refractivity contribution is 0.0689. The first kappa shape index (κ1) is 13.1. The molecule has 0 amide bonds. The molecule has 20 heavy (non-hydrogen) atoms. The summed E-state index contributed by atoms with van der Waals surface area (Å²) in [5.74, 6) is -0.886. The number of carbonyl (C=O) groups is 1. The van der Waals surface area contributed by atoms with Gasteiger partial charge in [-0.2, -0.15) is 0 Å². The van der Waals surface area contributed by atoms with Crippen molar-refractivity contribution in [2.45, 2.75) is 24.5 Å². The molecule has 0 spiro atoms. The van der Waals surface area contributed by atoms with Gasteiger partial charge in [0.2, 0.25) is 0 Å². The third kappa shape index (κ3) is 2.07. The summed E-state index contributed by atoms with van der Waals surface area (Å²) in [6.07, 6.45) is 3.62. The molecule has 0 saturated carbocycles. The van der Waals surface area contributed by atoms with Crippen molar-refractivity contribution < 1.29 is 18.3 Å². The van der Waals surface area contributed by atoms with Crippen LogP contribution >= 0.6 is 0 Å². The number of aromatic nitrogens is 2. The molecule has 1 fully saturated rings. The predicted octanol–water partition coefficient (Wildman–Crippen LogP) is 1.67. The second kappa shape index (κ2) is 4.59. The number of fused-ring (bicyclic) bond motifs is 1. The minimum Gasteiger partial charge on any atom is -0.477 e. The highest BCUT2D eigenvalue weighted by Crippen LogP contribution is 2.33. The molecular weight excluding hydrogens is 280 g/mol. The van der Waals surface area contributed by atoms with Gasteiger partial charge in [-0.05, 0) is 25.0 Å². The molecule has 1 aliphatic heterocycles. The van der Waals surface area contributed by atoms with Gasteiger partial charge < -0.3 is 5.11 Å². The Morgan fingerprint density at radius 3 is 2.85 bits per heavy atom. The highest BCUT2D eigenvalue weighted by molar-refractivity contribution is 7.91. The molecular formula is C13H14N2O4S. The summed E-state index contributed by atoms with van der Waals surface area (Å²) in [6, 6.07) is 4.74. The van der Waals surface area contributed by atoms with Crippen molar-refractivity contribution in [3.63, 3.8) is 0 Å². The first-order valence-corrected chi connectivity index (χ1v) is 8.13. The number of carboxylic acid groups (broad SMARTS) is 1. The average Bonchev–Trinajstić information content (AvgIpc) is 2.80. The van der Waals surface area contributed by atoms with E-state index in [0.29, 0.717) is 24.2 Å². The fourth-order valence-electron chi connectivity index (χ4n) is 2.65. The Bertz CT molecular complexity index is 779. The van der Waals surface area contributed by atoms with E-state index < -0.39 is 21.1 Å². The van der Waals surface area contributed by atoms with Gasteiger partial charge in [0.25, 0.3) is 0 Å². The topological polar surface area (TPSA) is 88.7 Å². The fourth-order valence-corrected chi connectivity index (χ4v) is 4.54. The van der Waals surface area contributed by atoms with Gasteiger partial charge in [-0.1, -0.05) is 12.5 Å². The Kier molecular flexibility index (Phi) is 3.01. The van der Waals surface area contributed by atoms with E-state index in [2.05, 4.69) is 4.98 Å². The number of hydrogen-bond donors (Lipinski definition) is 1. The average molecular weight is 294 g/mol. The first-order valence-electron chi connectivity index (χ1n) is 6.42. The third-order valence-corrected chi connectivity index (χ3v) is 5.84. The smallest absolute Gasteiger partial charge is 0.352 e. The molecule has 2 aromatic heterocycles. The molecule has 0 aromatic carbocycles. The maximum absolute atomic E-state index is 12.1. The van der Waals surface area contributed by atoms with Crippen LogP contribution in [0.25, 0.3) is 5.65 Å². The van der Waals surface area contributed by atoms with Crippen molar-refractivity contribution in [3.05, 3.63) is 35.8 Å². The van der Waals surface area contributed by atoms with Crippen molar-refractivity contribution in [2.24, 2.45) is 0 Å². The second-order valence-corrected chi connectivity index (χ2v) is 7.26. The van der Waals surface area contributed by atoms with Crippen molar-refractivity contribution in [1.82, 2.24) is 9.38 Å². The molecule has 1 atom stereocenters. The normalized spacial score (nSPS) is 21.9. The summed E-state index contributed by atoms with van der Waals surface area (Å²) in [6.45, 7) is 0. The van der Waals surface area contributed by atoms with Crippen molar-refractivity contribution in [1.29, 1.82) is 0 Å². The predicted molar refractivity (Wildman–Crippen MR) is 72.5 cm³/mol. The van der Waals surface area contributed by atoms with E-state index in [1.807, 2.05) is 0 Å². The molecule has 7 heteroatoms. The van der Waals surface area contributed by atoms with Crippen molar-refractivity contribution in [2.75, 3.05) is 5.75 Å². The van der Waals surface area contributed by atoms with E-state index in [0.717, 1.165) is 6.42 Å². The fraction of sp³-hybridized carbons (Fsp3) is 0.385. The van der Waals surface area contributed by atoms with E-state index in [1.165, 1.54) is 16.7 Å². The summed E-state index contributed by atoms with van der Waals surface area (Å²) in [7, 11) is -3.18. The number of nitrogens with zero attached hydrogens (tertiary/aromatic N) is 2. The van der Waals surface area contributed by atoms with Gasteiger partial charge in [0.15, 0.2) is 9.84 Å². The summed E-state index contributed by atoms with van der Waals surface area (Å²) < 4.78 is 25.7. The Hall–Kier alpha value is -1.89. The minimum absolute atomic E-state index is 0.0782. The molecule has 2 aromatic rings. The van der Waals surface area contributed by atoms with Gasteiger partial charge in [-0.25, -0.2) is 18.2 Å². The SMILES string of the molecule is O=C(O)c1cccc2nc(C3CCCCS3(=O)=O)cn12. The highest BCUT2D eigenvalue weighted by Gasteiger charge is 2.32. The van der Waals surface area contributed by atoms with Crippen LogP contribution < -0.4 is 0 Å². The van der Waals surface area contributed by atoms with Crippen LogP contribution in [0, 0.1) is 0 Å². The summed E-state index contributed by atoms with van der Waals surface area (Å²) in [5.41, 5.74) is 0.980. The Morgan fingerprint density at radius 1 is 1.35 bits per heavy atom. The lowest BCUT2D eigenvalue weighted by Gasteiger charge is -2.20. The third-order valence-electron chi connectivity index (χ3n) is 3.64. The second-order valence-electron chi connectivity index (χ2n) is 4.96. The highest BCUT2D eigenvalue weighted by atomic mass is 32.2. The standard InChI is InChI=1S/C13H14N2O4S/c16-13(17)10-4-3-6-12-14-9(8-15(10)12)11-5-1-2-7-20(11,18)19/h3-4,6,8,11H,1-2,5,7H2,(H,16,17). The Morgan fingerprint density at radius 2 is 2.15 bits per heavy atom. The molecule has 0 aliphatic carbocycles. The quantitative estimate of drug-likeness (QED) is 0.910. The van der Waals surface area contributed by atoms with Gasteiger partial charge in [0.05, 0.1) is 11.4 Å². The molecule has 1 N–H and O–H groups in total. The molecule has 1 aliphatic rings. The molecule has 1 unspecified atom stereocenters. The maximum atomic E-state index is 12.1. The van der Waals surface area contributed by atoms with Gasteiger partial charge in [-0.15, -0.1) is 0 Å². The van der Waals surface area contributed by atoms with Crippen LogP contribution in [0.4, 0.5) is 0 Å². The molecule has 3 heterocycles. The van der Waals surface area contributed by atoms with Gasteiger partial charge >= 0.3 is 5.97 Å².